The standard InChI is InChI=1S/C21H27NO4S/c1-4-26-17-6-5-16(12-18(17)25-3)20(19-11-14(2)13-27-19)22-9-7-15(8-10-22)21(23)24/h5-6,11-13,15,20H,4,7-10H2,1-3H3,(H,23,24). The van der Waals surface area contributed by atoms with Crippen LogP contribution in [0.15, 0.2) is 29.6 Å². The second kappa shape index (κ2) is 8.76. The summed E-state index contributed by atoms with van der Waals surface area (Å²) in [6.45, 7) is 6.19. The lowest BCUT2D eigenvalue weighted by Gasteiger charge is -2.36. The van der Waals surface area contributed by atoms with Crippen molar-refractivity contribution in [2.24, 2.45) is 5.92 Å². The number of thiophene rings is 1. The maximum atomic E-state index is 11.3. The molecular formula is C21H27NO4S. The summed E-state index contributed by atoms with van der Waals surface area (Å²) < 4.78 is 11.2. The summed E-state index contributed by atoms with van der Waals surface area (Å²) in [6, 6.07) is 8.43. The molecule has 1 aliphatic rings. The maximum Gasteiger partial charge on any atom is 0.306 e. The quantitative estimate of drug-likeness (QED) is 0.763. The van der Waals surface area contributed by atoms with Crippen molar-refractivity contribution >= 4 is 17.3 Å². The molecule has 1 aromatic carbocycles. The van der Waals surface area contributed by atoms with Gasteiger partial charge in [-0.15, -0.1) is 11.3 Å². The monoisotopic (exact) mass is 389 g/mol. The maximum absolute atomic E-state index is 11.3. The summed E-state index contributed by atoms with van der Waals surface area (Å²) in [7, 11) is 1.66. The Balaban J connectivity index is 1.93. The number of ether oxygens (including phenoxy) is 2. The molecule has 5 nitrogen and oxygen atoms in total. The number of carbonyl (C=O) groups is 1. The minimum atomic E-state index is -0.680. The summed E-state index contributed by atoms with van der Waals surface area (Å²) in [5, 5.41) is 11.5. The highest BCUT2D eigenvalue weighted by atomic mass is 32.1. The van der Waals surface area contributed by atoms with Gasteiger partial charge < -0.3 is 14.6 Å². The molecule has 146 valence electrons. The van der Waals surface area contributed by atoms with E-state index in [-0.39, 0.29) is 12.0 Å². The number of hydrogen-bond donors (Lipinski definition) is 1. The molecule has 1 aliphatic heterocycles. The third-order valence-electron chi connectivity index (χ3n) is 5.07. The molecule has 3 rings (SSSR count). The lowest BCUT2D eigenvalue weighted by atomic mass is 9.93. The first kappa shape index (κ1) is 19.7. The van der Waals surface area contributed by atoms with Crippen molar-refractivity contribution in [1.82, 2.24) is 4.90 Å². The third kappa shape index (κ3) is 4.45. The average molecular weight is 390 g/mol. The third-order valence-corrected chi connectivity index (χ3v) is 6.17. The lowest BCUT2D eigenvalue weighted by Crippen LogP contribution is -2.39. The molecule has 0 spiro atoms. The number of likely N-dealkylation sites (tertiary alicyclic amines) is 1. The fraction of sp³-hybridized carbons (Fsp3) is 0.476. The molecule has 1 atom stereocenters. The molecule has 2 heterocycles. The number of aliphatic carboxylic acids is 1. The van der Waals surface area contributed by atoms with Crippen LogP contribution < -0.4 is 9.47 Å². The molecule has 1 fully saturated rings. The Hall–Kier alpha value is -2.05. The van der Waals surface area contributed by atoms with Gasteiger partial charge in [0.25, 0.3) is 0 Å². The van der Waals surface area contributed by atoms with Gasteiger partial charge in [-0.2, -0.15) is 0 Å². The van der Waals surface area contributed by atoms with Crippen LogP contribution in [0.4, 0.5) is 0 Å². The molecular weight excluding hydrogens is 362 g/mol. The minimum Gasteiger partial charge on any atom is -0.493 e. The van der Waals surface area contributed by atoms with E-state index in [0.29, 0.717) is 19.4 Å². The van der Waals surface area contributed by atoms with Crippen molar-refractivity contribution < 1.29 is 19.4 Å². The number of aryl methyl sites for hydroxylation is 1. The largest absolute Gasteiger partial charge is 0.493 e. The predicted molar refractivity (Wildman–Crippen MR) is 107 cm³/mol. The van der Waals surface area contributed by atoms with E-state index in [1.807, 2.05) is 19.1 Å². The first-order chi connectivity index (χ1) is 13.0. The summed E-state index contributed by atoms with van der Waals surface area (Å²) in [4.78, 5) is 15.0. The molecule has 0 radical (unpaired) electrons. The second-order valence-corrected chi connectivity index (χ2v) is 7.86. The van der Waals surface area contributed by atoms with E-state index in [1.54, 1.807) is 18.4 Å². The van der Waals surface area contributed by atoms with Gasteiger partial charge in [-0.25, -0.2) is 0 Å². The molecule has 0 aliphatic carbocycles. The summed E-state index contributed by atoms with van der Waals surface area (Å²) in [5.41, 5.74) is 2.39. The number of rotatable bonds is 7. The van der Waals surface area contributed by atoms with E-state index < -0.39 is 5.97 Å². The number of hydrogen-bond acceptors (Lipinski definition) is 5. The molecule has 0 amide bonds. The number of methoxy groups -OCH3 is 1. The van der Waals surface area contributed by atoms with Crippen LogP contribution in [-0.2, 0) is 4.79 Å². The van der Waals surface area contributed by atoms with Gasteiger partial charge >= 0.3 is 5.97 Å². The zero-order valence-electron chi connectivity index (χ0n) is 16.1. The average Bonchev–Trinajstić information content (AvgIpc) is 3.09. The molecule has 1 saturated heterocycles. The van der Waals surface area contributed by atoms with E-state index in [2.05, 4.69) is 29.3 Å². The topological polar surface area (TPSA) is 59.0 Å². The Morgan fingerprint density at radius 1 is 1.30 bits per heavy atom. The van der Waals surface area contributed by atoms with Gasteiger partial charge in [0.05, 0.1) is 25.7 Å². The first-order valence-electron chi connectivity index (χ1n) is 9.36. The highest BCUT2D eigenvalue weighted by molar-refractivity contribution is 7.10. The number of carboxylic acids is 1. The van der Waals surface area contributed by atoms with Crippen LogP contribution in [0.3, 0.4) is 0 Å². The Morgan fingerprint density at radius 2 is 2.04 bits per heavy atom. The zero-order chi connectivity index (χ0) is 19.4. The van der Waals surface area contributed by atoms with Crippen LogP contribution in [0.1, 0.15) is 41.8 Å². The summed E-state index contributed by atoms with van der Waals surface area (Å²) >= 11 is 1.75. The van der Waals surface area contributed by atoms with Gasteiger partial charge in [0.1, 0.15) is 0 Å². The fourth-order valence-corrected chi connectivity index (χ4v) is 4.74. The molecule has 1 unspecified atom stereocenters. The van der Waals surface area contributed by atoms with Gasteiger partial charge in [0.15, 0.2) is 11.5 Å². The predicted octanol–water partition coefficient (Wildman–Crippen LogP) is 4.35. The molecule has 6 heteroatoms. The SMILES string of the molecule is CCOc1ccc(C(c2cc(C)cs2)N2CCC(C(=O)O)CC2)cc1OC. The Bertz CT molecular complexity index is 780. The van der Waals surface area contributed by atoms with E-state index in [4.69, 9.17) is 9.47 Å². The fourth-order valence-electron chi connectivity index (χ4n) is 3.69. The normalized spacial score (nSPS) is 16.9. The Kier molecular flexibility index (Phi) is 6.39. The van der Waals surface area contributed by atoms with E-state index >= 15 is 0 Å². The van der Waals surface area contributed by atoms with Crippen LogP contribution in [0.5, 0.6) is 11.5 Å². The van der Waals surface area contributed by atoms with E-state index in [0.717, 1.165) is 30.2 Å². The van der Waals surface area contributed by atoms with Crippen LogP contribution in [-0.4, -0.2) is 42.8 Å². The second-order valence-electron chi connectivity index (χ2n) is 6.92. The van der Waals surface area contributed by atoms with Crippen molar-refractivity contribution in [2.75, 3.05) is 26.8 Å². The number of benzene rings is 1. The molecule has 1 N–H and O–H groups in total. The van der Waals surface area contributed by atoms with Gasteiger partial charge in [0, 0.05) is 4.88 Å². The highest BCUT2D eigenvalue weighted by Crippen LogP contribution is 2.39. The van der Waals surface area contributed by atoms with E-state index in [9.17, 15) is 9.90 Å². The van der Waals surface area contributed by atoms with Crippen LogP contribution in [0, 0.1) is 12.8 Å². The molecule has 0 saturated carbocycles. The Labute approximate surface area is 164 Å². The molecule has 0 bridgehead atoms. The summed E-state index contributed by atoms with van der Waals surface area (Å²) in [6.07, 6.45) is 1.37. The minimum absolute atomic E-state index is 0.100. The molecule has 27 heavy (non-hydrogen) atoms. The van der Waals surface area contributed by atoms with Crippen molar-refractivity contribution in [2.45, 2.75) is 32.7 Å². The Morgan fingerprint density at radius 3 is 2.59 bits per heavy atom. The van der Waals surface area contributed by atoms with Crippen LogP contribution in [0.2, 0.25) is 0 Å². The van der Waals surface area contributed by atoms with E-state index in [1.165, 1.54) is 10.4 Å². The van der Waals surface area contributed by atoms with Crippen molar-refractivity contribution in [3.8, 4) is 11.5 Å². The molecule has 1 aromatic heterocycles. The summed E-state index contributed by atoms with van der Waals surface area (Å²) in [5.74, 6) is 0.560. The van der Waals surface area contributed by atoms with Gasteiger partial charge in [-0.05, 0) is 74.5 Å². The van der Waals surface area contributed by atoms with Crippen molar-refractivity contribution in [3.05, 3.63) is 45.6 Å². The van der Waals surface area contributed by atoms with Crippen molar-refractivity contribution in [3.63, 3.8) is 0 Å². The first-order valence-corrected chi connectivity index (χ1v) is 10.2. The van der Waals surface area contributed by atoms with Gasteiger partial charge in [-0.3, -0.25) is 9.69 Å². The van der Waals surface area contributed by atoms with Crippen LogP contribution in [0.25, 0.3) is 0 Å². The number of nitrogens with zero attached hydrogens (tertiary/aromatic N) is 1. The zero-order valence-corrected chi connectivity index (χ0v) is 16.9. The lowest BCUT2D eigenvalue weighted by molar-refractivity contribution is -0.143. The number of carboxylic acid groups (broad SMARTS) is 1. The van der Waals surface area contributed by atoms with Crippen molar-refractivity contribution in [1.29, 1.82) is 0 Å². The molecule has 2 aromatic rings. The smallest absolute Gasteiger partial charge is 0.306 e. The van der Waals surface area contributed by atoms with Crippen LogP contribution >= 0.6 is 11.3 Å². The number of piperidine rings is 1. The highest BCUT2D eigenvalue weighted by Gasteiger charge is 2.31. The van der Waals surface area contributed by atoms with Gasteiger partial charge in [-0.1, -0.05) is 6.07 Å². The van der Waals surface area contributed by atoms with Gasteiger partial charge in [0.2, 0.25) is 0 Å².